The molecule has 0 aromatic carbocycles. The van der Waals surface area contributed by atoms with Crippen molar-refractivity contribution < 1.29 is 14.3 Å². The van der Waals surface area contributed by atoms with E-state index in [0.717, 1.165) is 30.8 Å². The van der Waals surface area contributed by atoms with Crippen molar-refractivity contribution in [2.24, 2.45) is 17.4 Å². The predicted octanol–water partition coefficient (Wildman–Crippen LogP) is 0.755. The highest BCUT2D eigenvalue weighted by Crippen LogP contribution is 2.36. The lowest BCUT2D eigenvalue weighted by Crippen LogP contribution is -2.23. The van der Waals surface area contributed by atoms with Crippen LogP contribution < -0.4 is 22.5 Å². The Morgan fingerprint density at radius 3 is 2.67 bits per heavy atom. The summed E-state index contributed by atoms with van der Waals surface area (Å²) in [7, 11) is 0. The summed E-state index contributed by atoms with van der Waals surface area (Å²) in [6, 6.07) is 0. The van der Waals surface area contributed by atoms with Crippen LogP contribution in [0.2, 0.25) is 0 Å². The van der Waals surface area contributed by atoms with Gasteiger partial charge in [-0.2, -0.15) is 0 Å². The fourth-order valence-electron chi connectivity index (χ4n) is 2.60. The Balaban J connectivity index is 2.17. The first-order valence-electron chi connectivity index (χ1n) is 6.83. The molecular formula is C13H20N4O3S. The Bertz CT molecular complexity index is 558. The highest BCUT2D eigenvalue weighted by molar-refractivity contribution is 7.19. The molecule has 0 aliphatic carbocycles. The first-order chi connectivity index (χ1) is 9.95. The number of anilines is 2. The number of amides is 2. The zero-order valence-corrected chi connectivity index (χ0v) is 12.7. The predicted molar refractivity (Wildman–Crippen MR) is 82.4 cm³/mol. The van der Waals surface area contributed by atoms with Crippen molar-refractivity contribution in [1.82, 2.24) is 0 Å². The van der Waals surface area contributed by atoms with Crippen LogP contribution in [0, 0.1) is 5.92 Å². The number of carbonyl (C=O) groups is 2. The van der Waals surface area contributed by atoms with Gasteiger partial charge >= 0.3 is 0 Å². The monoisotopic (exact) mass is 312 g/mol. The second kappa shape index (κ2) is 6.31. The van der Waals surface area contributed by atoms with Crippen molar-refractivity contribution in [3.8, 4) is 0 Å². The molecule has 0 radical (unpaired) electrons. The van der Waals surface area contributed by atoms with Crippen LogP contribution in [0.5, 0.6) is 0 Å². The van der Waals surface area contributed by atoms with Crippen molar-refractivity contribution in [1.29, 1.82) is 0 Å². The van der Waals surface area contributed by atoms with Crippen LogP contribution in [0.4, 0.5) is 10.7 Å². The molecule has 0 bridgehead atoms. The molecule has 0 saturated carbocycles. The molecule has 1 saturated heterocycles. The van der Waals surface area contributed by atoms with Gasteiger partial charge in [0.1, 0.15) is 9.88 Å². The molecule has 1 fully saturated rings. The fraction of sp³-hybridized carbons (Fsp3) is 0.538. The molecule has 2 atom stereocenters. The van der Waals surface area contributed by atoms with E-state index in [9.17, 15) is 9.59 Å². The van der Waals surface area contributed by atoms with Gasteiger partial charge in [0.2, 0.25) is 0 Å². The van der Waals surface area contributed by atoms with Gasteiger partial charge < -0.3 is 27.3 Å². The van der Waals surface area contributed by atoms with Gasteiger partial charge in [0.15, 0.2) is 0 Å². The number of carbonyl (C=O) groups excluding carboxylic acids is 2. The third-order valence-electron chi connectivity index (χ3n) is 3.69. The minimum Gasteiger partial charge on any atom is -0.397 e. The minimum atomic E-state index is -0.673. The van der Waals surface area contributed by atoms with Crippen LogP contribution in [0.3, 0.4) is 0 Å². The lowest BCUT2D eigenvalue weighted by molar-refractivity contribution is 0.0900. The molecule has 1 aliphatic rings. The van der Waals surface area contributed by atoms with Gasteiger partial charge in [-0.25, -0.2) is 0 Å². The zero-order valence-electron chi connectivity index (χ0n) is 11.8. The number of hydrogen-bond donors (Lipinski definition) is 4. The first kappa shape index (κ1) is 15.6. The molecule has 2 amide bonds. The summed E-state index contributed by atoms with van der Waals surface area (Å²) in [6.45, 7) is 3.45. The van der Waals surface area contributed by atoms with Crippen molar-refractivity contribution >= 4 is 33.8 Å². The van der Waals surface area contributed by atoms with Gasteiger partial charge in [-0.3, -0.25) is 9.59 Å². The van der Waals surface area contributed by atoms with Crippen molar-refractivity contribution in [3.63, 3.8) is 0 Å². The Morgan fingerprint density at radius 2 is 2.10 bits per heavy atom. The van der Waals surface area contributed by atoms with Crippen molar-refractivity contribution in [2.75, 3.05) is 24.2 Å². The number of nitrogens with one attached hydrogen (secondary N) is 1. The normalized spacial score (nSPS) is 21.4. The average molecular weight is 312 g/mol. The molecule has 8 heteroatoms. The lowest BCUT2D eigenvalue weighted by atomic mass is 10.00. The van der Waals surface area contributed by atoms with E-state index < -0.39 is 11.8 Å². The largest absolute Gasteiger partial charge is 0.397 e. The first-order valence-corrected chi connectivity index (χ1v) is 7.64. The molecule has 0 spiro atoms. The summed E-state index contributed by atoms with van der Waals surface area (Å²) in [5.41, 5.74) is 16.6. The highest BCUT2D eigenvalue weighted by Gasteiger charge is 2.28. The smallest absolute Gasteiger partial charge is 0.260 e. The molecule has 1 aliphatic heterocycles. The van der Waals surface area contributed by atoms with E-state index in [0.29, 0.717) is 17.5 Å². The quantitative estimate of drug-likeness (QED) is 0.615. The molecule has 2 unspecified atom stereocenters. The average Bonchev–Trinajstić information content (AvgIpc) is 2.99. The zero-order chi connectivity index (χ0) is 15.6. The summed E-state index contributed by atoms with van der Waals surface area (Å²) < 4.78 is 5.62. The van der Waals surface area contributed by atoms with E-state index in [1.807, 2.05) is 0 Å². The summed E-state index contributed by atoms with van der Waals surface area (Å²) in [5, 5.41) is 3.66. The van der Waals surface area contributed by atoms with Crippen LogP contribution in [0.15, 0.2) is 0 Å². The van der Waals surface area contributed by atoms with Crippen LogP contribution >= 0.6 is 11.3 Å². The standard InChI is InChI=1S/C13H20N4O3S/c1-2-7-6(3-4-20-7)5-17-13-8(11(15)18)9(14)10(21-13)12(16)19/h6-7,17H,2-5,14H2,1H3,(H2,15,18)(H2,16,19). The van der Waals surface area contributed by atoms with Gasteiger partial charge in [0.25, 0.3) is 11.8 Å². The number of hydrogen-bond acceptors (Lipinski definition) is 6. The highest BCUT2D eigenvalue weighted by atomic mass is 32.1. The van der Waals surface area contributed by atoms with Gasteiger partial charge in [0.05, 0.1) is 17.4 Å². The molecule has 7 N–H and O–H groups in total. The SMILES string of the molecule is CCC1OCCC1CNc1sc(C(N)=O)c(N)c1C(N)=O. The maximum Gasteiger partial charge on any atom is 0.260 e. The van der Waals surface area contributed by atoms with E-state index in [1.54, 1.807) is 0 Å². The maximum atomic E-state index is 11.5. The van der Waals surface area contributed by atoms with Gasteiger partial charge in [-0.15, -0.1) is 11.3 Å². The number of thiophene rings is 1. The molecule has 21 heavy (non-hydrogen) atoms. The van der Waals surface area contributed by atoms with E-state index in [2.05, 4.69) is 12.2 Å². The molecule has 116 valence electrons. The van der Waals surface area contributed by atoms with Crippen LogP contribution in [0.1, 0.15) is 39.8 Å². The Morgan fingerprint density at radius 1 is 1.38 bits per heavy atom. The number of primary amides is 2. The second-order valence-electron chi connectivity index (χ2n) is 5.02. The topological polar surface area (TPSA) is 133 Å². The van der Waals surface area contributed by atoms with E-state index in [4.69, 9.17) is 21.9 Å². The molecule has 1 aromatic heterocycles. The van der Waals surface area contributed by atoms with Gasteiger partial charge in [-0.1, -0.05) is 6.92 Å². The summed E-state index contributed by atoms with van der Waals surface area (Å²) in [5.74, 6) is -0.978. The Hall–Kier alpha value is -1.80. The Labute approximate surface area is 126 Å². The third-order valence-corrected chi connectivity index (χ3v) is 4.87. The summed E-state index contributed by atoms with van der Waals surface area (Å²) in [4.78, 5) is 23.0. The molecular weight excluding hydrogens is 292 g/mol. The van der Waals surface area contributed by atoms with E-state index in [1.165, 1.54) is 0 Å². The van der Waals surface area contributed by atoms with E-state index >= 15 is 0 Å². The fourth-order valence-corrected chi connectivity index (χ4v) is 3.58. The third kappa shape index (κ3) is 3.11. The van der Waals surface area contributed by atoms with Gasteiger partial charge in [0, 0.05) is 19.1 Å². The minimum absolute atomic E-state index is 0.0530. The molecule has 7 nitrogen and oxygen atoms in total. The lowest BCUT2D eigenvalue weighted by Gasteiger charge is -2.17. The maximum absolute atomic E-state index is 11.5. The second-order valence-corrected chi connectivity index (χ2v) is 6.05. The molecule has 2 rings (SSSR count). The number of nitrogens with two attached hydrogens (primary N) is 3. The molecule has 2 heterocycles. The number of ether oxygens (including phenoxy) is 1. The van der Waals surface area contributed by atoms with Gasteiger partial charge in [-0.05, 0) is 12.8 Å². The van der Waals surface area contributed by atoms with Crippen LogP contribution in [-0.2, 0) is 4.74 Å². The summed E-state index contributed by atoms with van der Waals surface area (Å²) in [6.07, 6.45) is 2.11. The number of rotatable bonds is 6. The van der Waals surface area contributed by atoms with Crippen LogP contribution in [-0.4, -0.2) is 31.1 Å². The number of nitrogen functional groups attached to an aromatic ring is 1. The van der Waals surface area contributed by atoms with Crippen molar-refractivity contribution in [2.45, 2.75) is 25.9 Å². The Kier molecular flexibility index (Phi) is 4.69. The van der Waals surface area contributed by atoms with Crippen molar-refractivity contribution in [3.05, 3.63) is 10.4 Å². The van der Waals surface area contributed by atoms with E-state index in [-0.39, 0.29) is 22.2 Å². The van der Waals surface area contributed by atoms with Crippen LogP contribution in [0.25, 0.3) is 0 Å². The molecule has 1 aromatic rings. The summed E-state index contributed by atoms with van der Waals surface area (Å²) >= 11 is 1.06.